The lowest BCUT2D eigenvalue weighted by atomic mass is 9.98. The zero-order chi connectivity index (χ0) is 26.0. The second kappa shape index (κ2) is 10.1. The van der Waals surface area contributed by atoms with Gasteiger partial charge < -0.3 is 10.4 Å². The molecule has 0 amide bonds. The topological polar surface area (TPSA) is 144 Å². The number of nitrogens with one attached hydrogen (secondary N) is 1. The van der Waals surface area contributed by atoms with E-state index in [0.717, 1.165) is 0 Å². The first kappa shape index (κ1) is 26.2. The number of carboxylic acids is 1. The van der Waals surface area contributed by atoms with Gasteiger partial charge in [-0.05, 0) is 11.1 Å². The fourth-order valence-corrected chi connectivity index (χ4v) is 5.57. The first-order valence-electron chi connectivity index (χ1n) is 9.88. The quantitative estimate of drug-likeness (QED) is 0.362. The Bertz CT molecular complexity index is 1430. The zero-order valence-electron chi connectivity index (χ0n) is 17.8. The summed E-state index contributed by atoms with van der Waals surface area (Å²) in [6, 6.07) is 15.1. The number of nitrogens with two attached hydrogens (primary N) is 1. The molecule has 0 aromatic heterocycles. The van der Waals surface area contributed by atoms with Crippen LogP contribution in [0, 0.1) is 17.5 Å². The van der Waals surface area contributed by atoms with E-state index in [-0.39, 0.29) is 0 Å². The van der Waals surface area contributed by atoms with Crippen LogP contribution in [0.3, 0.4) is 0 Å². The van der Waals surface area contributed by atoms with Crippen molar-refractivity contribution in [3.63, 3.8) is 0 Å². The van der Waals surface area contributed by atoms with Crippen molar-refractivity contribution in [3.05, 3.63) is 89.2 Å². The third kappa shape index (κ3) is 5.63. The van der Waals surface area contributed by atoms with E-state index in [1.807, 2.05) is 0 Å². The molecule has 0 saturated heterocycles. The zero-order valence-corrected chi connectivity index (χ0v) is 19.4. The Kier molecular flexibility index (Phi) is 7.53. The van der Waals surface area contributed by atoms with Crippen LogP contribution in [-0.2, 0) is 24.7 Å². The number of anilines is 1. The average Bonchev–Trinajstić information content (AvgIpc) is 2.79. The second-order valence-corrected chi connectivity index (χ2v) is 10.9. The minimum atomic E-state index is -5.18. The molecule has 0 aliphatic heterocycles. The number of carboxylic acid groups (broad SMARTS) is 1. The molecule has 3 aromatic rings. The Labute approximate surface area is 199 Å². The predicted molar refractivity (Wildman–Crippen MR) is 120 cm³/mol. The molecule has 0 spiro atoms. The Morgan fingerprint density at radius 3 is 1.71 bits per heavy atom. The van der Waals surface area contributed by atoms with Crippen molar-refractivity contribution in [2.75, 3.05) is 11.1 Å². The molecule has 0 aliphatic rings. The van der Waals surface area contributed by atoms with Crippen LogP contribution in [0.2, 0.25) is 0 Å². The van der Waals surface area contributed by atoms with Crippen LogP contribution in [0.1, 0.15) is 23.6 Å². The molecule has 0 saturated carbocycles. The van der Waals surface area contributed by atoms with Gasteiger partial charge in [0.05, 0.1) is 23.9 Å². The van der Waals surface area contributed by atoms with E-state index in [9.17, 15) is 26.0 Å². The van der Waals surface area contributed by atoms with E-state index >= 15 is 8.78 Å². The van der Waals surface area contributed by atoms with Gasteiger partial charge in [0, 0.05) is 0 Å². The maximum atomic E-state index is 15.5. The summed E-state index contributed by atoms with van der Waals surface area (Å²) in [5.41, 5.74) is -0.321. The normalized spacial score (nSPS) is 12.0. The number of primary sulfonamides is 1. The number of hydrogen-bond donors (Lipinski definition) is 3. The lowest BCUT2D eigenvalue weighted by molar-refractivity contribution is -0.136. The van der Waals surface area contributed by atoms with Crippen LogP contribution in [-0.4, -0.2) is 33.7 Å². The summed E-state index contributed by atoms with van der Waals surface area (Å²) in [5.74, 6) is -9.26. The first-order chi connectivity index (χ1) is 16.3. The van der Waals surface area contributed by atoms with Gasteiger partial charge in [0.2, 0.25) is 10.0 Å². The molecule has 186 valence electrons. The van der Waals surface area contributed by atoms with Crippen molar-refractivity contribution in [2.24, 2.45) is 5.14 Å². The van der Waals surface area contributed by atoms with E-state index in [2.05, 4.69) is 5.32 Å². The maximum absolute atomic E-state index is 15.5. The number of rotatable bonds is 9. The van der Waals surface area contributed by atoms with Crippen molar-refractivity contribution >= 4 is 31.5 Å². The van der Waals surface area contributed by atoms with E-state index in [4.69, 9.17) is 10.2 Å². The summed E-state index contributed by atoms with van der Waals surface area (Å²) in [6.45, 7) is 0. The van der Waals surface area contributed by atoms with Gasteiger partial charge in [0.25, 0.3) is 0 Å². The number of carbonyl (C=O) groups is 1. The van der Waals surface area contributed by atoms with Gasteiger partial charge in [-0.1, -0.05) is 60.7 Å². The molecule has 3 aromatic carbocycles. The van der Waals surface area contributed by atoms with Crippen LogP contribution in [0.4, 0.5) is 18.9 Å². The third-order valence-electron chi connectivity index (χ3n) is 4.97. The molecule has 0 atom stereocenters. The number of sulfone groups is 1. The van der Waals surface area contributed by atoms with Crippen molar-refractivity contribution < 1.29 is 39.9 Å². The minimum Gasteiger partial charge on any atom is -0.481 e. The van der Waals surface area contributed by atoms with Crippen molar-refractivity contribution in [3.8, 4) is 0 Å². The molecule has 0 unspecified atom stereocenters. The summed E-state index contributed by atoms with van der Waals surface area (Å²) in [7, 11) is -10.1. The summed E-state index contributed by atoms with van der Waals surface area (Å²) < 4.78 is 94.6. The summed E-state index contributed by atoms with van der Waals surface area (Å²) >= 11 is 0. The second-order valence-electron chi connectivity index (χ2n) is 7.38. The maximum Gasteiger partial charge on any atom is 0.304 e. The van der Waals surface area contributed by atoms with Gasteiger partial charge >= 0.3 is 5.97 Å². The monoisotopic (exact) mass is 528 g/mol. The molecule has 0 aliphatic carbocycles. The number of hydrogen-bond acceptors (Lipinski definition) is 6. The average molecular weight is 529 g/mol. The molecule has 35 heavy (non-hydrogen) atoms. The highest BCUT2D eigenvalue weighted by Crippen LogP contribution is 2.38. The van der Waals surface area contributed by atoms with Crippen LogP contribution in [0.25, 0.3) is 0 Å². The van der Waals surface area contributed by atoms with Gasteiger partial charge in [-0.3, -0.25) is 4.79 Å². The van der Waals surface area contributed by atoms with Crippen molar-refractivity contribution in [1.29, 1.82) is 0 Å². The SMILES string of the molecule is NS(=O)(=O)c1c(F)c(F)c(S(=O)(=O)CCC(=O)O)c(NC(c2ccccc2)c2ccccc2)c1F. The van der Waals surface area contributed by atoms with E-state index in [1.54, 1.807) is 60.7 Å². The molecule has 0 bridgehead atoms. The molecule has 0 heterocycles. The number of aliphatic carboxylic acids is 1. The predicted octanol–water partition coefficient (Wildman–Crippen LogP) is 3.20. The lowest BCUT2D eigenvalue weighted by Crippen LogP contribution is -2.24. The standard InChI is InChI=1S/C22H19F3N2O6S2/c23-16-17(24)22(34(30,31)12-11-15(28)29)20(18(25)21(16)35(26,32)33)27-19(13-7-3-1-4-8-13)14-9-5-2-6-10-14/h1-10,19,27H,11-12H2,(H,28,29)(H2,26,32,33). The highest BCUT2D eigenvalue weighted by molar-refractivity contribution is 7.91. The molecular formula is C22H19F3N2O6S2. The summed E-state index contributed by atoms with van der Waals surface area (Å²) in [4.78, 5) is 7.49. The van der Waals surface area contributed by atoms with Crippen molar-refractivity contribution in [1.82, 2.24) is 0 Å². The molecule has 3 rings (SSSR count). The third-order valence-corrected chi connectivity index (χ3v) is 7.65. The van der Waals surface area contributed by atoms with Gasteiger partial charge in [0.1, 0.15) is 4.90 Å². The molecule has 0 fully saturated rings. The fourth-order valence-electron chi connectivity index (χ4n) is 3.41. The van der Waals surface area contributed by atoms with Gasteiger partial charge in [-0.15, -0.1) is 0 Å². The highest BCUT2D eigenvalue weighted by atomic mass is 32.2. The minimum absolute atomic E-state index is 0.439. The highest BCUT2D eigenvalue weighted by Gasteiger charge is 2.37. The van der Waals surface area contributed by atoms with Crippen LogP contribution in [0.15, 0.2) is 70.5 Å². The molecule has 13 heteroatoms. The van der Waals surface area contributed by atoms with Gasteiger partial charge in [-0.2, -0.15) is 0 Å². The Morgan fingerprint density at radius 1 is 0.829 bits per heavy atom. The van der Waals surface area contributed by atoms with Gasteiger partial charge in [0.15, 0.2) is 32.2 Å². The van der Waals surface area contributed by atoms with E-state index in [1.165, 1.54) is 0 Å². The van der Waals surface area contributed by atoms with Crippen LogP contribution < -0.4 is 10.5 Å². The summed E-state index contributed by atoms with van der Waals surface area (Å²) in [6.07, 6.45) is -0.998. The van der Waals surface area contributed by atoms with Gasteiger partial charge in [-0.25, -0.2) is 35.1 Å². The largest absolute Gasteiger partial charge is 0.481 e. The number of halogens is 3. The van der Waals surface area contributed by atoms with Crippen LogP contribution in [0.5, 0.6) is 0 Å². The Morgan fingerprint density at radius 2 is 1.29 bits per heavy atom. The lowest BCUT2D eigenvalue weighted by Gasteiger charge is -2.24. The fraction of sp³-hybridized carbons (Fsp3) is 0.136. The molecular weight excluding hydrogens is 509 g/mol. The van der Waals surface area contributed by atoms with E-state index in [0.29, 0.717) is 11.1 Å². The van der Waals surface area contributed by atoms with Crippen molar-refractivity contribution in [2.45, 2.75) is 22.3 Å². The van der Waals surface area contributed by atoms with Crippen LogP contribution >= 0.6 is 0 Å². The molecule has 0 radical (unpaired) electrons. The number of benzene rings is 3. The summed E-state index contributed by atoms with van der Waals surface area (Å²) in [5, 5.41) is 16.2. The Hall–Kier alpha value is -3.42. The Balaban J connectivity index is 2.35. The first-order valence-corrected chi connectivity index (χ1v) is 13.1. The smallest absolute Gasteiger partial charge is 0.304 e. The molecule has 4 N–H and O–H groups in total. The van der Waals surface area contributed by atoms with E-state index < -0.39 is 77.0 Å². The number of sulfonamides is 1. The molecule has 8 nitrogen and oxygen atoms in total.